The number of fused-ring (bicyclic) bond motifs is 1. The second-order valence-electron chi connectivity index (χ2n) is 7.23. The first-order valence-electron chi connectivity index (χ1n) is 9.90. The van der Waals surface area contributed by atoms with Crippen LogP contribution >= 0.6 is 0 Å². The Balaban J connectivity index is 1.50. The van der Waals surface area contributed by atoms with Crippen LogP contribution in [-0.2, 0) is 0 Å². The van der Waals surface area contributed by atoms with Gasteiger partial charge in [-0.2, -0.15) is 4.98 Å². The number of rotatable bonds is 4. The first-order valence-corrected chi connectivity index (χ1v) is 9.90. The summed E-state index contributed by atoms with van der Waals surface area (Å²) < 4.78 is 28.3. The Bertz CT molecular complexity index is 1300. The van der Waals surface area contributed by atoms with Crippen LogP contribution in [0.1, 0.15) is 27.5 Å². The van der Waals surface area contributed by atoms with Gasteiger partial charge in [0, 0.05) is 11.3 Å². The van der Waals surface area contributed by atoms with Gasteiger partial charge in [-0.25, -0.2) is 13.5 Å². The van der Waals surface area contributed by atoms with E-state index < -0.39 is 11.7 Å². The number of anilines is 2. The monoisotopic (exact) mass is 429 g/mol. The van der Waals surface area contributed by atoms with Crippen LogP contribution < -0.4 is 10.6 Å². The van der Waals surface area contributed by atoms with Gasteiger partial charge in [-0.05, 0) is 53.6 Å². The molecule has 158 valence electrons. The summed E-state index contributed by atoms with van der Waals surface area (Å²) in [6.07, 6.45) is 1.97. The molecule has 2 heterocycles. The minimum Gasteiger partial charge on any atom is -0.324 e. The third kappa shape index (κ3) is 3.85. The lowest BCUT2D eigenvalue weighted by Crippen LogP contribution is -2.20. The van der Waals surface area contributed by atoms with E-state index in [-0.39, 0.29) is 23.4 Å². The molecule has 8 heteroatoms. The molecule has 1 unspecified atom stereocenters. The smallest absolute Gasteiger partial charge is 0.258 e. The van der Waals surface area contributed by atoms with E-state index in [2.05, 4.69) is 20.7 Å². The summed E-state index contributed by atoms with van der Waals surface area (Å²) >= 11 is 0. The van der Waals surface area contributed by atoms with Crippen molar-refractivity contribution < 1.29 is 13.6 Å². The van der Waals surface area contributed by atoms with Crippen LogP contribution in [0, 0.1) is 11.6 Å². The van der Waals surface area contributed by atoms with E-state index in [1.54, 1.807) is 16.8 Å². The van der Waals surface area contributed by atoms with Crippen molar-refractivity contribution in [2.45, 2.75) is 6.04 Å². The Morgan fingerprint density at radius 1 is 0.906 bits per heavy atom. The summed E-state index contributed by atoms with van der Waals surface area (Å²) in [6, 6.07) is 20.7. The highest BCUT2D eigenvalue weighted by atomic mass is 19.1. The zero-order valence-corrected chi connectivity index (χ0v) is 16.7. The maximum Gasteiger partial charge on any atom is 0.258 e. The molecule has 0 spiro atoms. The molecule has 1 aromatic heterocycles. The third-order valence-electron chi connectivity index (χ3n) is 5.09. The molecule has 4 aromatic rings. The minimum absolute atomic E-state index is 0.0941. The SMILES string of the molecule is O=C(Nc1nc2n(n1)C(c1ccc(F)cc1)C=C(c1ccccc1)N2)c1ccc(F)cc1. The molecule has 5 rings (SSSR count). The molecule has 1 aliphatic heterocycles. The van der Waals surface area contributed by atoms with Gasteiger partial charge in [0.1, 0.15) is 17.7 Å². The number of hydrogen-bond donors (Lipinski definition) is 2. The Morgan fingerprint density at radius 3 is 2.25 bits per heavy atom. The predicted molar refractivity (Wildman–Crippen MR) is 117 cm³/mol. The highest BCUT2D eigenvalue weighted by Gasteiger charge is 2.26. The maximum absolute atomic E-state index is 13.5. The number of halogens is 2. The van der Waals surface area contributed by atoms with Gasteiger partial charge < -0.3 is 5.32 Å². The number of nitrogens with zero attached hydrogens (tertiary/aromatic N) is 3. The number of carbonyl (C=O) groups excluding carboxylic acids is 1. The van der Waals surface area contributed by atoms with Crippen molar-refractivity contribution in [1.82, 2.24) is 14.8 Å². The molecular formula is C24H17F2N5O. The van der Waals surface area contributed by atoms with Gasteiger partial charge in [0.15, 0.2) is 0 Å². The molecule has 0 saturated carbocycles. The van der Waals surface area contributed by atoms with Gasteiger partial charge in [0.05, 0.1) is 0 Å². The first kappa shape index (κ1) is 19.6. The van der Waals surface area contributed by atoms with Crippen molar-refractivity contribution >= 4 is 23.5 Å². The van der Waals surface area contributed by atoms with Crippen molar-refractivity contribution in [3.8, 4) is 0 Å². The molecule has 0 radical (unpaired) electrons. The van der Waals surface area contributed by atoms with E-state index >= 15 is 0 Å². The second kappa shape index (κ2) is 8.07. The van der Waals surface area contributed by atoms with Gasteiger partial charge >= 0.3 is 0 Å². The largest absolute Gasteiger partial charge is 0.324 e. The molecule has 6 nitrogen and oxygen atoms in total. The van der Waals surface area contributed by atoms with Crippen molar-refractivity contribution in [1.29, 1.82) is 0 Å². The summed E-state index contributed by atoms with van der Waals surface area (Å²) in [5.41, 5.74) is 2.86. The molecule has 1 atom stereocenters. The molecule has 0 fully saturated rings. The number of carbonyl (C=O) groups is 1. The summed E-state index contributed by atoms with van der Waals surface area (Å²) in [6.45, 7) is 0. The molecular weight excluding hydrogens is 412 g/mol. The molecule has 0 saturated heterocycles. The predicted octanol–water partition coefficient (Wildman–Crippen LogP) is 4.86. The van der Waals surface area contributed by atoms with Crippen LogP contribution in [0.25, 0.3) is 5.70 Å². The van der Waals surface area contributed by atoms with Gasteiger partial charge in [0.25, 0.3) is 11.9 Å². The number of benzene rings is 3. The average Bonchev–Trinajstić information content (AvgIpc) is 3.22. The van der Waals surface area contributed by atoms with E-state index in [4.69, 9.17) is 0 Å². The molecule has 1 aliphatic rings. The topological polar surface area (TPSA) is 71.8 Å². The number of allylic oxidation sites excluding steroid dienone is 1. The van der Waals surface area contributed by atoms with Gasteiger partial charge in [-0.1, -0.05) is 42.5 Å². The van der Waals surface area contributed by atoms with Crippen LogP contribution in [0.3, 0.4) is 0 Å². The Kier molecular flexibility index (Phi) is 4.95. The highest BCUT2D eigenvalue weighted by molar-refractivity contribution is 6.03. The number of nitrogens with one attached hydrogen (secondary N) is 2. The van der Waals surface area contributed by atoms with Crippen LogP contribution in [0.5, 0.6) is 0 Å². The van der Waals surface area contributed by atoms with E-state index in [9.17, 15) is 13.6 Å². The Hall–Kier alpha value is -4.33. The quantitative estimate of drug-likeness (QED) is 0.486. The summed E-state index contributed by atoms with van der Waals surface area (Å²) in [5, 5.41) is 10.3. The van der Waals surface area contributed by atoms with Crippen LogP contribution in [-0.4, -0.2) is 20.7 Å². The zero-order valence-electron chi connectivity index (χ0n) is 16.7. The van der Waals surface area contributed by atoms with Crippen molar-refractivity contribution in [3.63, 3.8) is 0 Å². The van der Waals surface area contributed by atoms with Crippen molar-refractivity contribution in [3.05, 3.63) is 113 Å². The molecule has 32 heavy (non-hydrogen) atoms. The lowest BCUT2D eigenvalue weighted by Gasteiger charge is -2.24. The van der Waals surface area contributed by atoms with Crippen molar-refractivity contribution in [2.24, 2.45) is 0 Å². The van der Waals surface area contributed by atoms with Gasteiger partial charge in [0.2, 0.25) is 5.95 Å². The third-order valence-corrected chi connectivity index (χ3v) is 5.09. The number of aromatic nitrogens is 3. The normalized spacial score (nSPS) is 14.8. The van der Waals surface area contributed by atoms with Crippen LogP contribution in [0.15, 0.2) is 84.9 Å². The molecule has 3 aromatic carbocycles. The lowest BCUT2D eigenvalue weighted by atomic mass is 10.0. The molecule has 1 amide bonds. The van der Waals surface area contributed by atoms with E-state index in [1.807, 2.05) is 36.4 Å². The minimum atomic E-state index is -0.456. The van der Waals surface area contributed by atoms with Crippen molar-refractivity contribution in [2.75, 3.05) is 10.6 Å². The number of hydrogen-bond acceptors (Lipinski definition) is 4. The van der Waals surface area contributed by atoms with Gasteiger partial charge in [-0.15, -0.1) is 5.10 Å². The van der Waals surface area contributed by atoms with Crippen LogP contribution in [0.2, 0.25) is 0 Å². The average molecular weight is 429 g/mol. The summed E-state index contributed by atoms with van der Waals surface area (Å²) in [5.74, 6) is -0.696. The van der Waals surface area contributed by atoms with Crippen LogP contribution in [0.4, 0.5) is 20.7 Å². The fourth-order valence-electron chi connectivity index (χ4n) is 3.50. The highest BCUT2D eigenvalue weighted by Crippen LogP contribution is 2.33. The molecule has 2 N–H and O–H groups in total. The zero-order chi connectivity index (χ0) is 22.1. The Labute approximate surface area is 182 Å². The number of amides is 1. The second-order valence-corrected chi connectivity index (χ2v) is 7.23. The lowest BCUT2D eigenvalue weighted by molar-refractivity contribution is 0.102. The fourth-order valence-corrected chi connectivity index (χ4v) is 3.50. The van der Waals surface area contributed by atoms with E-state index in [1.165, 1.54) is 36.4 Å². The standard InChI is InChI=1S/C24H17F2N5O/c25-18-10-6-16(7-11-18)21-14-20(15-4-2-1-3-5-15)27-24-29-23(30-31(21)24)28-22(32)17-8-12-19(26)13-9-17/h1-14,21H,(H2,27,28,29,30,32). The summed E-state index contributed by atoms with van der Waals surface area (Å²) in [4.78, 5) is 16.9. The molecule has 0 bridgehead atoms. The Morgan fingerprint density at radius 2 is 1.56 bits per heavy atom. The maximum atomic E-state index is 13.5. The van der Waals surface area contributed by atoms with Gasteiger partial charge in [-0.3, -0.25) is 10.1 Å². The summed E-state index contributed by atoms with van der Waals surface area (Å²) in [7, 11) is 0. The van der Waals surface area contributed by atoms with E-state index in [0.717, 1.165) is 16.8 Å². The van der Waals surface area contributed by atoms with E-state index in [0.29, 0.717) is 5.95 Å². The molecule has 0 aliphatic carbocycles. The first-order chi connectivity index (χ1) is 15.6. The fraction of sp³-hybridized carbons (Fsp3) is 0.0417.